The molecule has 2 fully saturated rings. The Kier molecular flexibility index (Phi) is 4.95. The van der Waals surface area contributed by atoms with Crippen molar-refractivity contribution in [2.24, 2.45) is 21.8 Å². The van der Waals surface area contributed by atoms with Crippen LogP contribution < -0.4 is 5.43 Å². The van der Waals surface area contributed by atoms with Gasteiger partial charge in [-0.25, -0.2) is 13.8 Å². The van der Waals surface area contributed by atoms with E-state index in [0.717, 1.165) is 23.0 Å². The van der Waals surface area contributed by atoms with Crippen LogP contribution in [-0.2, 0) is 14.9 Å². The first-order valence-electron chi connectivity index (χ1n) is 9.04. The molecule has 0 spiro atoms. The van der Waals surface area contributed by atoms with Gasteiger partial charge in [-0.05, 0) is 54.9 Å². The molecule has 2 atom stereocenters. The molecular formula is C19H27N3O4S. The molecule has 1 amide bonds. The zero-order chi connectivity index (χ0) is 20.0. The average Bonchev–Trinajstić information content (AvgIpc) is 2.98. The Labute approximate surface area is 160 Å². The molecule has 3 rings (SSSR count). The first-order chi connectivity index (χ1) is 12.5. The highest BCUT2D eigenvalue weighted by Gasteiger charge is 2.60. The Morgan fingerprint density at radius 1 is 1.26 bits per heavy atom. The van der Waals surface area contributed by atoms with E-state index in [1.54, 1.807) is 0 Å². The number of nitrogens with zero attached hydrogens (tertiary/aromatic N) is 2. The van der Waals surface area contributed by atoms with Gasteiger partial charge in [-0.15, -0.1) is 0 Å². The van der Waals surface area contributed by atoms with Gasteiger partial charge in [-0.3, -0.25) is 9.63 Å². The van der Waals surface area contributed by atoms with Crippen LogP contribution in [0.25, 0.3) is 0 Å². The third-order valence-corrected chi connectivity index (χ3v) is 8.51. The number of amides is 1. The van der Waals surface area contributed by atoms with E-state index in [4.69, 9.17) is 4.84 Å². The number of fused-ring (bicyclic) bond motifs is 2. The van der Waals surface area contributed by atoms with Crippen LogP contribution in [0.5, 0.6) is 0 Å². The summed E-state index contributed by atoms with van der Waals surface area (Å²) in [4.78, 5) is 17.2. The minimum absolute atomic E-state index is 0.0214. The van der Waals surface area contributed by atoms with Crippen molar-refractivity contribution in [3.63, 3.8) is 0 Å². The lowest BCUT2D eigenvalue weighted by molar-refractivity contribution is -0.0258. The van der Waals surface area contributed by atoms with Gasteiger partial charge in [0.1, 0.15) is 0 Å². The van der Waals surface area contributed by atoms with Crippen molar-refractivity contribution >= 4 is 21.6 Å². The van der Waals surface area contributed by atoms with E-state index >= 15 is 0 Å². The highest BCUT2D eigenvalue weighted by molar-refractivity contribution is 7.89. The summed E-state index contributed by atoms with van der Waals surface area (Å²) in [6.45, 7) is 6.80. The summed E-state index contributed by atoms with van der Waals surface area (Å²) >= 11 is 0. The second-order valence-electron chi connectivity index (χ2n) is 8.11. The number of hydrazone groups is 1. The Morgan fingerprint density at radius 3 is 2.37 bits per heavy atom. The van der Waals surface area contributed by atoms with Gasteiger partial charge < -0.3 is 0 Å². The SMILES string of the molecule is CON(C)S(=O)(=O)c1ccc(C(=O)N/N=C2/C[C@H]3CC[C@@]2(C)C3(C)C)cc1. The van der Waals surface area contributed by atoms with Gasteiger partial charge in [-0.1, -0.05) is 25.2 Å². The number of rotatable bonds is 5. The Hall–Kier alpha value is -1.77. The zero-order valence-electron chi connectivity index (χ0n) is 16.4. The molecule has 0 radical (unpaired) electrons. The molecular weight excluding hydrogens is 366 g/mol. The topological polar surface area (TPSA) is 88.1 Å². The molecule has 148 valence electrons. The molecule has 1 N–H and O–H groups in total. The molecule has 0 heterocycles. The van der Waals surface area contributed by atoms with E-state index in [1.165, 1.54) is 44.8 Å². The molecule has 1 aromatic rings. The molecule has 0 saturated heterocycles. The molecule has 2 aliphatic rings. The number of hydroxylamine groups is 1. The number of hydrogen-bond donors (Lipinski definition) is 1. The van der Waals surface area contributed by atoms with Crippen LogP contribution in [0.4, 0.5) is 0 Å². The van der Waals surface area contributed by atoms with Crippen molar-refractivity contribution in [3.05, 3.63) is 29.8 Å². The number of carbonyl (C=O) groups is 1. The highest BCUT2D eigenvalue weighted by atomic mass is 32.2. The highest BCUT2D eigenvalue weighted by Crippen LogP contribution is 2.63. The Morgan fingerprint density at radius 2 is 1.89 bits per heavy atom. The average molecular weight is 394 g/mol. The normalized spacial score (nSPS) is 28.1. The lowest BCUT2D eigenvalue weighted by Gasteiger charge is -2.34. The lowest BCUT2D eigenvalue weighted by Crippen LogP contribution is -2.34. The van der Waals surface area contributed by atoms with Gasteiger partial charge >= 0.3 is 0 Å². The number of sulfonamides is 1. The summed E-state index contributed by atoms with van der Waals surface area (Å²) in [5.74, 6) is 0.260. The molecule has 8 heteroatoms. The van der Waals surface area contributed by atoms with E-state index in [2.05, 4.69) is 31.3 Å². The summed E-state index contributed by atoms with van der Waals surface area (Å²) in [6.07, 6.45) is 3.23. The predicted molar refractivity (Wildman–Crippen MR) is 103 cm³/mol. The van der Waals surface area contributed by atoms with Gasteiger partial charge in [0.15, 0.2) is 0 Å². The van der Waals surface area contributed by atoms with Gasteiger partial charge in [0.05, 0.1) is 12.0 Å². The molecule has 0 aromatic heterocycles. The fourth-order valence-electron chi connectivity index (χ4n) is 4.31. The first kappa shape index (κ1) is 20.0. The van der Waals surface area contributed by atoms with Gasteiger partial charge in [0.25, 0.3) is 15.9 Å². The van der Waals surface area contributed by atoms with Gasteiger partial charge in [0, 0.05) is 23.7 Å². The minimum Gasteiger partial charge on any atom is -0.288 e. The fourth-order valence-corrected chi connectivity index (χ4v) is 5.28. The van der Waals surface area contributed by atoms with Crippen LogP contribution in [0.3, 0.4) is 0 Å². The van der Waals surface area contributed by atoms with E-state index < -0.39 is 10.0 Å². The van der Waals surface area contributed by atoms with Crippen LogP contribution in [0.2, 0.25) is 0 Å². The summed E-state index contributed by atoms with van der Waals surface area (Å²) in [6, 6.07) is 5.71. The maximum atomic E-state index is 12.4. The van der Waals surface area contributed by atoms with Crippen LogP contribution in [0.15, 0.2) is 34.3 Å². The lowest BCUT2D eigenvalue weighted by atomic mass is 9.70. The van der Waals surface area contributed by atoms with Crippen molar-refractivity contribution in [1.29, 1.82) is 0 Å². The summed E-state index contributed by atoms with van der Waals surface area (Å²) in [5, 5.41) is 4.43. The molecule has 2 aliphatic carbocycles. The Bertz CT molecular complexity index is 877. The van der Waals surface area contributed by atoms with E-state index in [1.807, 2.05) is 0 Å². The fraction of sp³-hybridized carbons (Fsp3) is 0.579. The standard InChI is InChI=1S/C19H27N3O4S/c1-18(2)14-10-11-19(18,3)16(12-14)20-21-17(23)13-6-8-15(9-7-13)27(24,25)22(4)26-5/h6-9,14H,10-12H2,1-5H3,(H,21,23)/b20-16-/t14-,19-/m1/s1. The summed E-state index contributed by atoms with van der Waals surface area (Å²) in [5.41, 5.74) is 4.27. The largest absolute Gasteiger partial charge is 0.288 e. The van der Waals surface area contributed by atoms with E-state index in [-0.39, 0.29) is 21.6 Å². The maximum Gasteiger partial charge on any atom is 0.271 e. The zero-order valence-corrected chi connectivity index (χ0v) is 17.3. The molecule has 7 nitrogen and oxygen atoms in total. The summed E-state index contributed by atoms with van der Waals surface area (Å²) in [7, 11) is -1.15. The molecule has 1 aromatic carbocycles. The minimum atomic E-state index is -3.73. The monoisotopic (exact) mass is 393 g/mol. The van der Waals surface area contributed by atoms with Crippen LogP contribution in [-0.4, -0.2) is 38.7 Å². The van der Waals surface area contributed by atoms with Crippen molar-refractivity contribution in [1.82, 2.24) is 9.89 Å². The van der Waals surface area contributed by atoms with E-state index in [9.17, 15) is 13.2 Å². The molecule has 2 bridgehead atoms. The molecule has 0 unspecified atom stereocenters. The van der Waals surface area contributed by atoms with Crippen molar-refractivity contribution in [2.75, 3.05) is 14.2 Å². The smallest absolute Gasteiger partial charge is 0.271 e. The molecule has 27 heavy (non-hydrogen) atoms. The van der Waals surface area contributed by atoms with Crippen molar-refractivity contribution < 1.29 is 18.0 Å². The second-order valence-corrected chi connectivity index (χ2v) is 10.1. The maximum absolute atomic E-state index is 12.4. The number of benzene rings is 1. The second kappa shape index (κ2) is 6.68. The number of carbonyl (C=O) groups excluding carboxylic acids is 1. The molecule has 0 aliphatic heterocycles. The van der Waals surface area contributed by atoms with Crippen molar-refractivity contribution in [2.45, 2.75) is 44.9 Å². The van der Waals surface area contributed by atoms with Gasteiger partial charge in [0.2, 0.25) is 0 Å². The van der Waals surface area contributed by atoms with Gasteiger partial charge in [-0.2, -0.15) is 5.10 Å². The summed E-state index contributed by atoms with van der Waals surface area (Å²) < 4.78 is 25.2. The number of nitrogens with one attached hydrogen (secondary N) is 1. The van der Waals surface area contributed by atoms with Crippen molar-refractivity contribution in [3.8, 4) is 0 Å². The van der Waals surface area contributed by atoms with Crippen LogP contribution >= 0.6 is 0 Å². The van der Waals surface area contributed by atoms with Crippen LogP contribution in [0.1, 0.15) is 50.4 Å². The van der Waals surface area contributed by atoms with E-state index in [0.29, 0.717) is 11.5 Å². The first-order valence-corrected chi connectivity index (χ1v) is 10.5. The third-order valence-electron chi connectivity index (χ3n) is 6.81. The third kappa shape index (κ3) is 3.09. The molecule has 2 saturated carbocycles. The van der Waals surface area contributed by atoms with Crippen LogP contribution in [0, 0.1) is 16.7 Å². The quantitative estimate of drug-likeness (QED) is 0.779. The Balaban J connectivity index is 1.73. The predicted octanol–water partition coefficient (Wildman–Crippen LogP) is 2.80. The number of hydrogen-bond acceptors (Lipinski definition) is 5.